The fourth-order valence-electron chi connectivity index (χ4n) is 2.99. The Kier molecular flexibility index (Phi) is 6.35. The molecule has 0 unspecified atom stereocenters. The van der Waals surface area contributed by atoms with Crippen molar-refractivity contribution in [2.75, 3.05) is 13.2 Å². The molecule has 3 rings (SSSR count). The summed E-state index contributed by atoms with van der Waals surface area (Å²) in [5, 5.41) is 11.2. The molecule has 0 aliphatic heterocycles. The number of rotatable bonds is 7. The topological polar surface area (TPSA) is 86.1 Å². The minimum atomic E-state index is -0.653. The zero-order valence-electron chi connectivity index (χ0n) is 15.5. The molecular formula is C20H24N4O3. The lowest BCUT2D eigenvalue weighted by Gasteiger charge is -2.12. The number of hydrogen-bond donors (Lipinski definition) is 1. The molecule has 0 fully saturated rings. The maximum Gasteiger partial charge on any atom is 0.361 e. The predicted octanol–water partition coefficient (Wildman–Crippen LogP) is 2.74. The Labute approximate surface area is 158 Å². The number of benzene rings is 1. The summed E-state index contributed by atoms with van der Waals surface area (Å²) >= 11 is 0. The Morgan fingerprint density at radius 3 is 2.74 bits per heavy atom. The third-order valence-electron chi connectivity index (χ3n) is 4.45. The molecule has 0 radical (unpaired) electrons. The first-order valence-corrected chi connectivity index (χ1v) is 9.24. The number of ether oxygens (including phenoxy) is 1. The molecule has 1 aromatic heterocycles. The van der Waals surface area contributed by atoms with Crippen molar-refractivity contribution >= 4 is 11.9 Å². The van der Waals surface area contributed by atoms with Gasteiger partial charge in [-0.2, -0.15) is 9.90 Å². The van der Waals surface area contributed by atoms with E-state index in [1.807, 2.05) is 30.3 Å². The molecule has 1 N–H and O–H groups in total. The van der Waals surface area contributed by atoms with Crippen LogP contribution < -0.4 is 5.32 Å². The van der Waals surface area contributed by atoms with E-state index in [0.717, 1.165) is 24.9 Å². The Morgan fingerprint density at radius 2 is 2.00 bits per heavy atom. The average molecular weight is 368 g/mol. The van der Waals surface area contributed by atoms with Crippen LogP contribution in [0.5, 0.6) is 0 Å². The van der Waals surface area contributed by atoms with Gasteiger partial charge in [-0.1, -0.05) is 29.8 Å². The number of allylic oxidation sites excluding steroid dienone is 1. The number of carbonyl (C=O) groups excluding carboxylic acids is 2. The first-order valence-electron chi connectivity index (χ1n) is 9.24. The van der Waals surface area contributed by atoms with Crippen LogP contribution in [0.1, 0.15) is 48.3 Å². The van der Waals surface area contributed by atoms with Crippen LogP contribution >= 0.6 is 0 Å². The fraction of sp³-hybridized carbons (Fsp3) is 0.400. The molecular weight excluding hydrogens is 344 g/mol. The standard InChI is InChI=1S/C20H24N4O3/c1-15-19(23-24(22-15)17-10-6-3-7-11-17)20(26)27-14-18(25)21-13-12-16-8-4-2-5-9-16/h3,6-8,10-11H,2,4-5,9,12-14H2,1H3,(H,21,25). The van der Waals surface area contributed by atoms with Gasteiger partial charge < -0.3 is 10.1 Å². The first kappa shape index (κ1) is 18.8. The van der Waals surface area contributed by atoms with Crippen LogP contribution in [0.4, 0.5) is 0 Å². The number of esters is 1. The zero-order chi connectivity index (χ0) is 19.1. The Hall–Kier alpha value is -2.96. The highest BCUT2D eigenvalue weighted by Gasteiger charge is 2.19. The SMILES string of the molecule is Cc1nn(-c2ccccc2)nc1C(=O)OCC(=O)NCCC1=CCCCC1. The first-order chi connectivity index (χ1) is 13.1. The third-order valence-corrected chi connectivity index (χ3v) is 4.45. The van der Waals surface area contributed by atoms with Crippen molar-refractivity contribution < 1.29 is 14.3 Å². The lowest BCUT2D eigenvalue weighted by Crippen LogP contribution is -2.30. The number of amides is 1. The minimum absolute atomic E-state index is 0.110. The van der Waals surface area contributed by atoms with Gasteiger partial charge in [0, 0.05) is 6.54 Å². The highest BCUT2D eigenvalue weighted by molar-refractivity contribution is 5.90. The molecule has 142 valence electrons. The second-order valence-electron chi connectivity index (χ2n) is 6.54. The fourth-order valence-corrected chi connectivity index (χ4v) is 2.99. The van der Waals surface area contributed by atoms with Gasteiger partial charge in [-0.25, -0.2) is 4.79 Å². The van der Waals surface area contributed by atoms with Gasteiger partial charge in [-0.3, -0.25) is 4.79 Å². The molecule has 0 saturated carbocycles. The third kappa shape index (κ3) is 5.26. The van der Waals surface area contributed by atoms with Crippen LogP contribution in [0.15, 0.2) is 42.0 Å². The number of hydrogen-bond acceptors (Lipinski definition) is 5. The molecule has 1 aliphatic carbocycles. The van der Waals surface area contributed by atoms with E-state index in [1.165, 1.54) is 23.2 Å². The van der Waals surface area contributed by atoms with E-state index < -0.39 is 5.97 Å². The Bertz CT molecular complexity index is 827. The quantitative estimate of drug-likeness (QED) is 0.600. The van der Waals surface area contributed by atoms with Crippen molar-refractivity contribution in [1.82, 2.24) is 20.3 Å². The maximum absolute atomic E-state index is 12.2. The van der Waals surface area contributed by atoms with Crippen molar-refractivity contribution in [1.29, 1.82) is 0 Å². The summed E-state index contributed by atoms with van der Waals surface area (Å²) in [5.74, 6) is -0.965. The van der Waals surface area contributed by atoms with E-state index in [0.29, 0.717) is 12.2 Å². The second kappa shape index (κ2) is 9.12. The maximum atomic E-state index is 12.2. The van der Waals surface area contributed by atoms with Gasteiger partial charge in [-0.15, -0.1) is 5.10 Å². The molecule has 0 saturated heterocycles. The van der Waals surface area contributed by atoms with Crippen molar-refractivity contribution in [3.05, 3.63) is 53.4 Å². The van der Waals surface area contributed by atoms with E-state index in [1.54, 1.807) is 6.92 Å². The summed E-state index contributed by atoms with van der Waals surface area (Å²) in [6.07, 6.45) is 7.82. The monoisotopic (exact) mass is 368 g/mol. The second-order valence-corrected chi connectivity index (χ2v) is 6.54. The molecule has 27 heavy (non-hydrogen) atoms. The van der Waals surface area contributed by atoms with Gasteiger partial charge in [0.2, 0.25) is 0 Å². The van der Waals surface area contributed by atoms with Crippen molar-refractivity contribution in [2.24, 2.45) is 0 Å². The molecule has 1 aromatic carbocycles. The molecule has 1 amide bonds. The van der Waals surface area contributed by atoms with Gasteiger partial charge >= 0.3 is 5.97 Å². The summed E-state index contributed by atoms with van der Waals surface area (Å²) < 4.78 is 5.08. The molecule has 2 aromatic rings. The summed E-state index contributed by atoms with van der Waals surface area (Å²) in [5.41, 5.74) is 2.70. The predicted molar refractivity (Wildman–Crippen MR) is 101 cm³/mol. The van der Waals surface area contributed by atoms with E-state index in [9.17, 15) is 9.59 Å². The van der Waals surface area contributed by atoms with Crippen molar-refractivity contribution in [3.63, 3.8) is 0 Å². The lowest BCUT2D eigenvalue weighted by atomic mass is 9.97. The highest BCUT2D eigenvalue weighted by Crippen LogP contribution is 2.19. The smallest absolute Gasteiger partial charge is 0.361 e. The van der Waals surface area contributed by atoms with Crippen LogP contribution in [0.3, 0.4) is 0 Å². The lowest BCUT2D eigenvalue weighted by molar-refractivity contribution is -0.124. The number of aromatic nitrogens is 3. The molecule has 7 nitrogen and oxygen atoms in total. The number of nitrogens with one attached hydrogen (secondary N) is 1. The van der Waals surface area contributed by atoms with Crippen LogP contribution in [0.25, 0.3) is 5.69 Å². The number of aryl methyl sites for hydroxylation is 1. The summed E-state index contributed by atoms with van der Waals surface area (Å²) in [4.78, 5) is 25.5. The largest absolute Gasteiger partial charge is 0.451 e. The summed E-state index contributed by atoms with van der Waals surface area (Å²) in [6.45, 7) is 1.92. The molecule has 7 heteroatoms. The zero-order valence-corrected chi connectivity index (χ0v) is 15.5. The van der Waals surface area contributed by atoms with Gasteiger partial charge in [0.1, 0.15) is 0 Å². The van der Waals surface area contributed by atoms with Gasteiger partial charge in [-0.05, 0) is 51.2 Å². The van der Waals surface area contributed by atoms with Crippen molar-refractivity contribution in [3.8, 4) is 5.69 Å². The molecule has 1 aliphatic rings. The molecule has 1 heterocycles. The average Bonchev–Trinajstić information content (AvgIpc) is 3.09. The minimum Gasteiger partial charge on any atom is -0.451 e. The van der Waals surface area contributed by atoms with Gasteiger partial charge in [0.25, 0.3) is 5.91 Å². The van der Waals surface area contributed by atoms with Crippen LogP contribution in [-0.2, 0) is 9.53 Å². The van der Waals surface area contributed by atoms with E-state index in [2.05, 4.69) is 21.6 Å². The van der Waals surface area contributed by atoms with Gasteiger partial charge in [0.15, 0.2) is 12.3 Å². The molecule has 0 spiro atoms. The van der Waals surface area contributed by atoms with Crippen molar-refractivity contribution in [2.45, 2.75) is 39.0 Å². The van der Waals surface area contributed by atoms with E-state index in [4.69, 9.17) is 4.74 Å². The van der Waals surface area contributed by atoms with Crippen LogP contribution in [0, 0.1) is 6.92 Å². The summed E-state index contributed by atoms with van der Waals surface area (Å²) in [7, 11) is 0. The number of carbonyl (C=O) groups is 2. The summed E-state index contributed by atoms with van der Waals surface area (Å²) in [6, 6.07) is 9.28. The van der Waals surface area contributed by atoms with E-state index in [-0.39, 0.29) is 18.2 Å². The van der Waals surface area contributed by atoms with Crippen LogP contribution in [-0.4, -0.2) is 40.0 Å². The Morgan fingerprint density at radius 1 is 1.19 bits per heavy atom. The number of nitrogens with zero attached hydrogens (tertiary/aromatic N) is 3. The van der Waals surface area contributed by atoms with Crippen LogP contribution in [0.2, 0.25) is 0 Å². The van der Waals surface area contributed by atoms with E-state index >= 15 is 0 Å². The highest BCUT2D eigenvalue weighted by atomic mass is 16.5. The molecule has 0 atom stereocenters. The molecule has 0 bridgehead atoms. The number of para-hydroxylation sites is 1. The normalized spacial score (nSPS) is 13.7. The van der Waals surface area contributed by atoms with Gasteiger partial charge in [0.05, 0.1) is 11.4 Å². The Balaban J connectivity index is 1.47.